The maximum atomic E-state index is 14.0. The van der Waals surface area contributed by atoms with E-state index in [1.807, 2.05) is 11.9 Å². The predicted molar refractivity (Wildman–Crippen MR) is 144 cm³/mol. The Morgan fingerprint density at radius 1 is 1.18 bits per heavy atom. The number of ketones is 1. The highest BCUT2D eigenvalue weighted by Gasteiger charge is 2.49. The summed E-state index contributed by atoms with van der Waals surface area (Å²) in [5, 5.41) is 8.47. The summed E-state index contributed by atoms with van der Waals surface area (Å²) >= 11 is 6.93. The number of likely N-dealkylation sites (tertiary alicyclic amines) is 1. The summed E-state index contributed by atoms with van der Waals surface area (Å²) in [6.07, 6.45) is 7.65. The number of fused-ring (bicyclic) bond motifs is 2. The zero-order chi connectivity index (χ0) is 26.8. The van der Waals surface area contributed by atoms with Gasteiger partial charge < -0.3 is 19.5 Å². The van der Waals surface area contributed by atoms with Gasteiger partial charge in [-0.1, -0.05) is 23.2 Å². The Hall–Kier alpha value is -2.30. The second-order valence-corrected chi connectivity index (χ2v) is 12.6. The molecule has 3 aliphatic carbocycles. The fourth-order valence-corrected chi connectivity index (χ4v) is 7.46. The second kappa shape index (κ2) is 9.66. The average Bonchev–Trinajstić information content (AvgIpc) is 3.36. The van der Waals surface area contributed by atoms with Crippen LogP contribution < -0.4 is 15.0 Å². The van der Waals surface area contributed by atoms with Crippen molar-refractivity contribution in [3.8, 4) is 17.4 Å². The van der Waals surface area contributed by atoms with Crippen LogP contribution in [0.2, 0.25) is 5.02 Å². The van der Waals surface area contributed by atoms with Crippen LogP contribution in [0.1, 0.15) is 69.1 Å². The maximum Gasteiger partial charge on any atom is 0.238 e. The van der Waals surface area contributed by atoms with Gasteiger partial charge in [-0.05, 0) is 58.4 Å². The second-order valence-electron chi connectivity index (χ2n) is 12.3. The van der Waals surface area contributed by atoms with Gasteiger partial charge in [0.15, 0.2) is 23.1 Å². The van der Waals surface area contributed by atoms with Crippen molar-refractivity contribution in [1.29, 1.82) is 0 Å². The van der Waals surface area contributed by atoms with Crippen molar-refractivity contribution < 1.29 is 18.4 Å². The molecule has 2 aromatic heterocycles. The first kappa shape index (κ1) is 25.7. The number of halogens is 2. The maximum absolute atomic E-state index is 14.0. The summed E-state index contributed by atoms with van der Waals surface area (Å²) in [4.78, 5) is 27.1. The molecule has 2 aliphatic heterocycles. The minimum atomic E-state index is -0.859. The van der Waals surface area contributed by atoms with Gasteiger partial charge in [0.1, 0.15) is 23.6 Å². The normalized spacial score (nSPS) is 30.2. The number of Topliss-reactive ketones (excluding diaryl/α,β-unsaturated/α-hetero) is 1. The number of carbonyl (C=O) groups excluding carboxylic acids is 1. The molecule has 7 rings (SSSR count). The van der Waals surface area contributed by atoms with Crippen molar-refractivity contribution in [2.24, 2.45) is 0 Å². The van der Waals surface area contributed by atoms with E-state index in [4.69, 9.17) is 30.8 Å². The lowest BCUT2D eigenvalue weighted by molar-refractivity contribution is -0.128. The molecule has 3 atom stereocenters. The Balaban J connectivity index is 1.27. The fraction of sp³-hybridized carbons (Fsp3) is 0.714. The minimum absolute atomic E-state index is 0.0520. The highest BCUT2D eigenvalue weighted by Crippen LogP contribution is 2.48. The molecule has 2 saturated carbocycles. The van der Waals surface area contributed by atoms with Gasteiger partial charge in [-0.2, -0.15) is 4.98 Å². The number of nitrogens with zero attached hydrogens (tertiary/aromatic N) is 5. The minimum Gasteiger partial charge on any atom is -0.475 e. The fourth-order valence-electron chi connectivity index (χ4n) is 7.20. The molecule has 210 valence electrons. The molecule has 11 heteroatoms. The Kier molecular flexibility index (Phi) is 6.36. The number of ether oxygens (including phenoxy) is 1. The van der Waals surface area contributed by atoms with Crippen LogP contribution in [0.4, 0.5) is 10.2 Å². The SMILES string of the molecule is CN1C[C@H](F)C[C@H]1COc1nc(-c2noc3c2CCC[C@@]32CCCCC2=O)nc(N2CCNC3(CC3)C2)c1Cl. The summed E-state index contributed by atoms with van der Waals surface area (Å²) < 4.78 is 26.2. The molecule has 2 spiro atoms. The van der Waals surface area contributed by atoms with E-state index in [9.17, 15) is 9.18 Å². The topological polar surface area (TPSA) is 96.6 Å². The molecule has 4 heterocycles. The molecule has 0 aromatic carbocycles. The molecule has 5 aliphatic rings. The van der Waals surface area contributed by atoms with Gasteiger partial charge in [0.25, 0.3) is 0 Å². The zero-order valence-corrected chi connectivity index (χ0v) is 23.2. The molecule has 0 unspecified atom stereocenters. The van der Waals surface area contributed by atoms with Crippen LogP contribution in [0.3, 0.4) is 0 Å². The van der Waals surface area contributed by atoms with E-state index in [1.54, 1.807) is 0 Å². The van der Waals surface area contributed by atoms with Crippen molar-refractivity contribution in [2.45, 2.75) is 87.4 Å². The number of anilines is 1. The van der Waals surface area contributed by atoms with Crippen molar-refractivity contribution in [1.82, 2.24) is 25.3 Å². The number of piperazine rings is 1. The summed E-state index contributed by atoms with van der Waals surface area (Å²) in [5.41, 5.74) is 1.06. The van der Waals surface area contributed by atoms with Crippen LogP contribution in [0, 0.1) is 0 Å². The first-order chi connectivity index (χ1) is 18.9. The Morgan fingerprint density at radius 2 is 2.03 bits per heavy atom. The van der Waals surface area contributed by atoms with Crippen molar-refractivity contribution in [2.75, 3.05) is 44.7 Å². The highest BCUT2D eigenvalue weighted by atomic mass is 35.5. The monoisotopic (exact) mass is 558 g/mol. The number of likely N-dealkylation sites (N-methyl/N-ethyl adjacent to an activating group) is 1. The third-order valence-corrected chi connectivity index (χ3v) is 9.97. The summed E-state index contributed by atoms with van der Waals surface area (Å²) in [7, 11) is 1.91. The van der Waals surface area contributed by atoms with E-state index < -0.39 is 11.6 Å². The largest absolute Gasteiger partial charge is 0.475 e. The van der Waals surface area contributed by atoms with E-state index in [2.05, 4.69) is 15.4 Å². The third kappa shape index (κ3) is 4.43. The Labute approximate surface area is 232 Å². The first-order valence-electron chi connectivity index (χ1n) is 14.4. The third-order valence-electron chi connectivity index (χ3n) is 9.64. The number of hydrogen-bond acceptors (Lipinski definition) is 9. The summed E-state index contributed by atoms with van der Waals surface area (Å²) in [6, 6.07) is -0.0520. The number of aromatic nitrogens is 3. The molecule has 1 N–H and O–H groups in total. The van der Waals surface area contributed by atoms with E-state index in [0.29, 0.717) is 47.5 Å². The van der Waals surface area contributed by atoms with Crippen LogP contribution in [0.15, 0.2) is 4.52 Å². The van der Waals surface area contributed by atoms with Gasteiger partial charge in [-0.15, -0.1) is 0 Å². The smallest absolute Gasteiger partial charge is 0.238 e. The molecule has 0 bridgehead atoms. The molecular weight excluding hydrogens is 523 g/mol. The van der Waals surface area contributed by atoms with Crippen LogP contribution >= 0.6 is 11.6 Å². The predicted octanol–water partition coefficient (Wildman–Crippen LogP) is 3.87. The van der Waals surface area contributed by atoms with E-state index in [0.717, 1.165) is 76.6 Å². The molecule has 4 fully saturated rings. The van der Waals surface area contributed by atoms with Gasteiger partial charge in [0.05, 0.1) is 5.41 Å². The Morgan fingerprint density at radius 3 is 2.79 bits per heavy atom. The molecule has 0 radical (unpaired) electrons. The molecule has 2 aromatic rings. The highest BCUT2D eigenvalue weighted by molar-refractivity contribution is 6.34. The molecule has 39 heavy (non-hydrogen) atoms. The van der Waals surface area contributed by atoms with Crippen LogP contribution in [-0.2, 0) is 16.6 Å². The van der Waals surface area contributed by atoms with E-state index in [1.165, 1.54) is 0 Å². The van der Waals surface area contributed by atoms with Crippen molar-refractivity contribution >= 4 is 23.2 Å². The van der Waals surface area contributed by atoms with Crippen LogP contribution in [0.5, 0.6) is 5.88 Å². The standard InChI is InChI=1S/C28H36ClFN6O3/c1-35-14-17(30)13-18(35)15-38-26-21(29)25(36-12-11-31-27(16-36)9-10-27)32-24(33-26)22-19-5-4-8-28(23(19)39-34-22)7-3-2-6-20(28)37/h17-18,31H,2-16H2,1H3/t17-,18+,28-/m1/s1. The molecule has 9 nitrogen and oxygen atoms in total. The molecular formula is C28H36ClFN6O3. The lowest BCUT2D eigenvalue weighted by Crippen LogP contribution is -2.53. The summed E-state index contributed by atoms with van der Waals surface area (Å²) in [6.45, 7) is 3.11. The molecule has 0 amide bonds. The first-order valence-corrected chi connectivity index (χ1v) is 14.8. The number of nitrogens with one attached hydrogen (secondary N) is 1. The molecule has 2 saturated heterocycles. The van der Waals surface area contributed by atoms with Crippen LogP contribution in [0.25, 0.3) is 11.5 Å². The van der Waals surface area contributed by atoms with Gasteiger partial charge >= 0.3 is 0 Å². The Bertz CT molecular complexity index is 1280. The van der Waals surface area contributed by atoms with Crippen LogP contribution in [-0.4, -0.2) is 83.4 Å². The number of alkyl halides is 1. The average molecular weight is 559 g/mol. The number of carbonyl (C=O) groups is 1. The lowest BCUT2D eigenvalue weighted by Gasteiger charge is -2.36. The quantitative estimate of drug-likeness (QED) is 0.586. The zero-order valence-electron chi connectivity index (χ0n) is 22.5. The summed E-state index contributed by atoms with van der Waals surface area (Å²) in [5.74, 6) is 2.29. The van der Waals surface area contributed by atoms with E-state index in [-0.39, 0.29) is 29.9 Å². The van der Waals surface area contributed by atoms with E-state index >= 15 is 0 Å². The van der Waals surface area contributed by atoms with Gasteiger partial charge in [-0.3, -0.25) is 9.69 Å². The van der Waals surface area contributed by atoms with Gasteiger partial charge in [-0.25, -0.2) is 9.37 Å². The van der Waals surface area contributed by atoms with Gasteiger partial charge in [0, 0.05) is 49.7 Å². The lowest BCUT2D eigenvalue weighted by atomic mass is 9.64. The van der Waals surface area contributed by atoms with Crippen molar-refractivity contribution in [3.05, 3.63) is 16.3 Å². The van der Waals surface area contributed by atoms with Gasteiger partial charge in [0.2, 0.25) is 5.88 Å². The van der Waals surface area contributed by atoms with Crippen molar-refractivity contribution in [3.63, 3.8) is 0 Å². The number of hydrogen-bond donors (Lipinski definition) is 1. The number of rotatable bonds is 5.